The van der Waals surface area contributed by atoms with Crippen molar-refractivity contribution in [3.63, 3.8) is 0 Å². The Kier molecular flexibility index (Phi) is 12.7. The Morgan fingerprint density at radius 2 is 1.18 bits per heavy atom. The standard InChI is InChI=1S/C33H44N4O11S/c1-18(39)47-22-8-20(16-38)36(14-22)32(41)24-10-28(43-3)30(12-26(24)34)45-6-5-7-46-31-13-27(35)25(11-29(31)44-4)33(42)37-15-23(48-19(2)40)9-21(37)17-49/h10-13,20-23,38,49H,5-9,14-17,34-35H2,1-4H3/t20-,21-,22+,23+/m0/s1. The number of rotatable bonds is 14. The summed E-state index contributed by atoms with van der Waals surface area (Å²) >= 11 is 4.37. The maximum Gasteiger partial charge on any atom is 0.302 e. The summed E-state index contributed by atoms with van der Waals surface area (Å²) in [4.78, 5) is 52.7. The van der Waals surface area contributed by atoms with Crippen molar-refractivity contribution in [2.24, 2.45) is 0 Å². The van der Waals surface area contributed by atoms with Crippen molar-refractivity contribution < 1.29 is 52.7 Å². The number of nitrogen functional groups attached to an aromatic ring is 2. The molecule has 2 aromatic carbocycles. The van der Waals surface area contributed by atoms with Gasteiger partial charge in [0.15, 0.2) is 23.0 Å². The van der Waals surface area contributed by atoms with Crippen LogP contribution in [-0.4, -0.2) is 116 Å². The van der Waals surface area contributed by atoms with Crippen LogP contribution in [0.15, 0.2) is 24.3 Å². The average Bonchev–Trinajstić information content (AvgIpc) is 3.66. The zero-order valence-corrected chi connectivity index (χ0v) is 28.9. The van der Waals surface area contributed by atoms with Gasteiger partial charge in [0, 0.05) is 68.4 Å². The number of aliphatic hydroxyl groups is 1. The van der Waals surface area contributed by atoms with Crippen LogP contribution in [-0.2, 0) is 19.1 Å². The number of anilines is 2. The van der Waals surface area contributed by atoms with Crippen LogP contribution in [0.4, 0.5) is 11.4 Å². The van der Waals surface area contributed by atoms with E-state index >= 15 is 0 Å². The first-order valence-corrected chi connectivity index (χ1v) is 16.4. The number of amides is 2. The molecule has 0 unspecified atom stereocenters. The Hall–Kier alpha value is -4.57. The molecule has 2 amide bonds. The number of hydrogen-bond acceptors (Lipinski definition) is 14. The maximum absolute atomic E-state index is 13.5. The van der Waals surface area contributed by atoms with E-state index in [4.69, 9.17) is 39.9 Å². The molecular weight excluding hydrogens is 660 g/mol. The van der Waals surface area contributed by atoms with Crippen molar-refractivity contribution in [3.8, 4) is 23.0 Å². The van der Waals surface area contributed by atoms with Crippen LogP contribution in [0.5, 0.6) is 23.0 Å². The molecule has 0 bridgehead atoms. The van der Waals surface area contributed by atoms with Crippen molar-refractivity contribution >= 4 is 47.8 Å². The Labute approximate surface area is 290 Å². The van der Waals surface area contributed by atoms with Gasteiger partial charge in [0.2, 0.25) is 0 Å². The zero-order valence-electron chi connectivity index (χ0n) is 28.0. The lowest BCUT2D eigenvalue weighted by Gasteiger charge is -2.24. The average molecular weight is 705 g/mol. The molecule has 2 aliphatic rings. The van der Waals surface area contributed by atoms with Gasteiger partial charge in [0.25, 0.3) is 11.8 Å². The lowest BCUT2D eigenvalue weighted by atomic mass is 10.1. The number of likely N-dealkylation sites (tertiary alicyclic amines) is 2. The third-order valence-corrected chi connectivity index (χ3v) is 8.72. The molecule has 0 aromatic heterocycles. The first-order valence-electron chi connectivity index (χ1n) is 15.8. The lowest BCUT2D eigenvalue weighted by molar-refractivity contribution is -0.146. The fourth-order valence-electron chi connectivity index (χ4n) is 6.03. The van der Waals surface area contributed by atoms with Gasteiger partial charge in [-0.05, 0) is 12.1 Å². The molecule has 16 heteroatoms. The Balaban J connectivity index is 1.36. The summed E-state index contributed by atoms with van der Waals surface area (Å²) in [5.41, 5.74) is 13.3. The fourth-order valence-corrected chi connectivity index (χ4v) is 6.38. The molecule has 2 aromatic rings. The highest BCUT2D eigenvalue weighted by Gasteiger charge is 2.39. The molecule has 0 spiro atoms. The SMILES string of the molecule is COc1cc(C(=O)N2C[C@H](OC(C)=O)C[C@H]2CO)c(N)cc1OCCCOc1cc(N)c(C(=O)N2C[C@H](OC(C)=O)C[C@H]2CS)cc1OC. The van der Waals surface area contributed by atoms with Crippen LogP contribution in [0.2, 0.25) is 0 Å². The van der Waals surface area contributed by atoms with Gasteiger partial charge < -0.3 is 54.8 Å². The second-order valence-electron chi connectivity index (χ2n) is 11.8. The van der Waals surface area contributed by atoms with E-state index < -0.39 is 36.1 Å². The maximum atomic E-state index is 13.5. The number of carbonyl (C=O) groups is 4. The van der Waals surface area contributed by atoms with E-state index in [1.807, 2.05) is 0 Å². The molecule has 2 fully saturated rings. The summed E-state index contributed by atoms with van der Waals surface area (Å²) in [7, 11) is 2.89. The Morgan fingerprint density at radius 3 is 1.57 bits per heavy atom. The van der Waals surface area contributed by atoms with E-state index in [1.54, 1.807) is 4.90 Å². The smallest absolute Gasteiger partial charge is 0.302 e. The minimum absolute atomic E-state index is 0.131. The summed E-state index contributed by atoms with van der Waals surface area (Å²) in [6.07, 6.45) is 0.288. The van der Waals surface area contributed by atoms with Gasteiger partial charge >= 0.3 is 11.9 Å². The first-order chi connectivity index (χ1) is 23.4. The molecule has 15 nitrogen and oxygen atoms in total. The van der Waals surface area contributed by atoms with Gasteiger partial charge in [-0.3, -0.25) is 19.2 Å². The summed E-state index contributed by atoms with van der Waals surface area (Å²) in [6.45, 7) is 3.10. The molecule has 49 heavy (non-hydrogen) atoms. The lowest BCUT2D eigenvalue weighted by Crippen LogP contribution is -2.38. The molecule has 0 saturated carbocycles. The molecule has 4 atom stereocenters. The summed E-state index contributed by atoms with van der Waals surface area (Å²) in [5, 5.41) is 9.81. The normalized spacial score (nSPS) is 20.1. The highest BCUT2D eigenvalue weighted by Crippen LogP contribution is 2.36. The number of esters is 2. The molecule has 268 valence electrons. The van der Waals surface area contributed by atoms with Crippen molar-refractivity contribution in [2.75, 3.05) is 64.3 Å². The highest BCUT2D eigenvalue weighted by atomic mass is 32.1. The Morgan fingerprint density at radius 1 is 0.755 bits per heavy atom. The van der Waals surface area contributed by atoms with Gasteiger partial charge in [0.05, 0.1) is 64.3 Å². The molecular formula is C33H44N4O11S. The second-order valence-corrected chi connectivity index (χ2v) is 12.1. The number of nitrogens with zero attached hydrogens (tertiary/aromatic N) is 2. The van der Waals surface area contributed by atoms with Crippen LogP contribution >= 0.6 is 12.6 Å². The van der Waals surface area contributed by atoms with Crippen molar-refractivity contribution in [3.05, 3.63) is 35.4 Å². The predicted octanol–water partition coefficient (Wildman–Crippen LogP) is 1.93. The Bertz CT molecular complexity index is 1430. The van der Waals surface area contributed by atoms with Gasteiger partial charge in [-0.2, -0.15) is 12.6 Å². The molecule has 2 heterocycles. The number of nitrogens with two attached hydrogens (primary N) is 2. The number of aliphatic hydroxyl groups excluding tert-OH is 1. The highest BCUT2D eigenvalue weighted by molar-refractivity contribution is 7.80. The number of carbonyl (C=O) groups excluding carboxylic acids is 4. The van der Waals surface area contributed by atoms with Crippen LogP contribution < -0.4 is 30.4 Å². The summed E-state index contributed by atoms with van der Waals surface area (Å²) in [6, 6.07) is 5.27. The number of ether oxygens (including phenoxy) is 6. The fraction of sp³-hybridized carbons (Fsp3) is 0.515. The molecule has 4 rings (SSSR count). The van der Waals surface area contributed by atoms with Gasteiger partial charge in [-0.25, -0.2) is 0 Å². The van der Waals surface area contributed by atoms with Crippen LogP contribution in [0.1, 0.15) is 53.8 Å². The van der Waals surface area contributed by atoms with Crippen molar-refractivity contribution in [2.45, 2.75) is 57.4 Å². The topological polar surface area (TPSA) is 202 Å². The quantitative estimate of drug-likeness (QED) is 0.0963. The molecule has 0 radical (unpaired) electrons. The van der Waals surface area contributed by atoms with Crippen molar-refractivity contribution in [1.29, 1.82) is 0 Å². The second kappa shape index (κ2) is 16.7. The number of methoxy groups -OCH3 is 2. The van der Waals surface area contributed by atoms with Crippen LogP contribution in [0.25, 0.3) is 0 Å². The summed E-state index contributed by atoms with van der Waals surface area (Å²) in [5.74, 6) is 0.00834. The molecule has 5 N–H and O–H groups in total. The monoisotopic (exact) mass is 704 g/mol. The van der Waals surface area contributed by atoms with E-state index in [2.05, 4.69) is 12.6 Å². The zero-order chi connectivity index (χ0) is 35.8. The van der Waals surface area contributed by atoms with E-state index in [-0.39, 0.29) is 73.1 Å². The largest absolute Gasteiger partial charge is 0.493 e. The summed E-state index contributed by atoms with van der Waals surface area (Å²) < 4.78 is 33.3. The van der Waals surface area contributed by atoms with Crippen molar-refractivity contribution in [1.82, 2.24) is 9.80 Å². The predicted molar refractivity (Wildman–Crippen MR) is 181 cm³/mol. The number of thiol groups is 1. The van der Waals surface area contributed by atoms with E-state index in [9.17, 15) is 24.3 Å². The molecule has 2 saturated heterocycles. The number of hydrogen-bond donors (Lipinski definition) is 4. The van der Waals surface area contributed by atoms with Crippen LogP contribution in [0, 0.1) is 0 Å². The van der Waals surface area contributed by atoms with Gasteiger partial charge in [-0.1, -0.05) is 0 Å². The first kappa shape index (κ1) is 37.3. The van der Waals surface area contributed by atoms with Gasteiger partial charge in [0.1, 0.15) is 12.2 Å². The number of benzene rings is 2. The van der Waals surface area contributed by atoms with E-state index in [0.717, 1.165) is 0 Å². The molecule has 0 aliphatic carbocycles. The van der Waals surface area contributed by atoms with Crippen LogP contribution in [0.3, 0.4) is 0 Å². The van der Waals surface area contributed by atoms with Gasteiger partial charge in [-0.15, -0.1) is 0 Å². The third kappa shape index (κ3) is 8.92. The third-order valence-electron chi connectivity index (χ3n) is 8.30. The minimum Gasteiger partial charge on any atom is -0.493 e. The molecule has 2 aliphatic heterocycles. The minimum atomic E-state index is -0.527. The van der Waals surface area contributed by atoms with E-state index in [1.165, 1.54) is 57.2 Å². The van der Waals surface area contributed by atoms with E-state index in [0.29, 0.717) is 42.3 Å².